The number of halogens is 1. The third kappa shape index (κ3) is 1.97. The summed E-state index contributed by atoms with van der Waals surface area (Å²) in [5.74, 6) is 1.52. The number of aryl methyl sites for hydroxylation is 1. The minimum absolute atomic E-state index is 0.0688. The molecule has 0 radical (unpaired) electrons. The molecular formula is C9H16ClN3. The van der Waals surface area contributed by atoms with Gasteiger partial charge in [0.25, 0.3) is 0 Å². The van der Waals surface area contributed by atoms with E-state index in [4.69, 9.17) is 11.6 Å². The Kier molecular flexibility index (Phi) is 2.86. The second-order valence-electron chi connectivity index (χ2n) is 3.84. The average Bonchev–Trinajstić information content (AvgIpc) is 2.50. The number of hydrogen-bond acceptors (Lipinski definition) is 2. The average molecular weight is 202 g/mol. The topological polar surface area (TPSA) is 21.1 Å². The van der Waals surface area contributed by atoms with Crippen LogP contribution in [0.15, 0.2) is 12.4 Å². The van der Waals surface area contributed by atoms with Crippen molar-refractivity contribution in [3.05, 3.63) is 12.4 Å². The highest BCUT2D eigenvalue weighted by Gasteiger charge is 2.24. The summed E-state index contributed by atoms with van der Waals surface area (Å²) in [5, 5.41) is 0. The molecule has 0 spiro atoms. The third-order valence-corrected chi connectivity index (χ3v) is 2.98. The van der Waals surface area contributed by atoms with Gasteiger partial charge in [-0.25, -0.2) is 4.98 Å². The Bertz CT molecular complexity index is 280. The van der Waals surface area contributed by atoms with Crippen LogP contribution in [0.5, 0.6) is 0 Å². The molecule has 1 rings (SSSR count). The van der Waals surface area contributed by atoms with E-state index >= 15 is 0 Å². The van der Waals surface area contributed by atoms with Crippen LogP contribution in [-0.2, 0) is 7.05 Å². The lowest BCUT2D eigenvalue weighted by atomic mass is 10.1. The van der Waals surface area contributed by atoms with Gasteiger partial charge in [-0.2, -0.15) is 0 Å². The monoisotopic (exact) mass is 201 g/mol. The lowest BCUT2D eigenvalue weighted by Crippen LogP contribution is -2.44. The number of anilines is 1. The number of aromatic nitrogens is 2. The number of alkyl halides is 1. The molecule has 13 heavy (non-hydrogen) atoms. The zero-order chi connectivity index (χ0) is 10.1. The fourth-order valence-electron chi connectivity index (χ4n) is 1.04. The predicted octanol–water partition coefficient (Wildman–Crippen LogP) is 1.87. The van der Waals surface area contributed by atoms with Gasteiger partial charge in [0, 0.05) is 32.4 Å². The second kappa shape index (κ2) is 3.58. The van der Waals surface area contributed by atoms with Gasteiger partial charge in [-0.1, -0.05) is 0 Å². The fourth-order valence-corrected chi connectivity index (χ4v) is 1.22. The van der Waals surface area contributed by atoms with Gasteiger partial charge >= 0.3 is 0 Å². The van der Waals surface area contributed by atoms with Gasteiger partial charge in [-0.3, -0.25) is 0 Å². The van der Waals surface area contributed by atoms with Crippen LogP contribution in [0, 0.1) is 0 Å². The lowest BCUT2D eigenvalue weighted by Gasteiger charge is -2.34. The second-order valence-corrected chi connectivity index (χ2v) is 4.11. The molecule has 0 aliphatic heterocycles. The SMILES string of the molecule is CN(c1nccn1C)C(C)(C)CCl. The maximum atomic E-state index is 5.88. The molecule has 0 unspecified atom stereocenters. The van der Waals surface area contributed by atoms with E-state index in [1.165, 1.54) is 0 Å². The Morgan fingerprint density at radius 1 is 1.62 bits per heavy atom. The van der Waals surface area contributed by atoms with Crippen molar-refractivity contribution < 1.29 is 0 Å². The molecule has 1 aromatic rings. The van der Waals surface area contributed by atoms with E-state index in [0.717, 1.165) is 5.95 Å². The molecule has 3 nitrogen and oxygen atoms in total. The summed E-state index contributed by atoms with van der Waals surface area (Å²) in [6, 6.07) is 0. The molecule has 74 valence electrons. The highest BCUT2D eigenvalue weighted by atomic mass is 35.5. The van der Waals surface area contributed by atoms with Crippen molar-refractivity contribution in [2.75, 3.05) is 17.8 Å². The molecule has 0 saturated heterocycles. The van der Waals surface area contributed by atoms with Crippen molar-refractivity contribution >= 4 is 17.5 Å². The van der Waals surface area contributed by atoms with Crippen LogP contribution >= 0.6 is 11.6 Å². The molecule has 4 heteroatoms. The van der Waals surface area contributed by atoms with Crippen molar-refractivity contribution in [2.45, 2.75) is 19.4 Å². The highest BCUT2D eigenvalue weighted by Crippen LogP contribution is 2.20. The number of rotatable bonds is 3. The highest BCUT2D eigenvalue weighted by molar-refractivity contribution is 6.18. The van der Waals surface area contributed by atoms with Crippen molar-refractivity contribution in [1.82, 2.24) is 9.55 Å². The number of hydrogen-bond donors (Lipinski definition) is 0. The molecule has 0 saturated carbocycles. The first-order valence-electron chi connectivity index (χ1n) is 4.26. The molecule has 0 bridgehead atoms. The van der Waals surface area contributed by atoms with Crippen LogP contribution in [0.2, 0.25) is 0 Å². The molecular weight excluding hydrogens is 186 g/mol. The Hall–Kier alpha value is -0.700. The van der Waals surface area contributed by atoms with Crippen molar-refractivity contribution in [1.29, 1.82) is 0 Å². The van der Waals surface area contributed by atoms with Crippen molar-refractivity contribution in [3.63, 3.8) is 0 Å². The Morgan fingerprint density at radius 3 is 2.62 bits per heavy atom. The summed E-state index contributed by atoms with van der Waals surface area (Å²) in [5.41, 5.74) is -0.0688. The largest absolute Gasteiger partial charge is 0.339 e. The van der Waals surface area contributed by atoms with Crippen LogP contribution in [0.4, 0.5) is 5.95 Å². The summed E-state index contributed by atoms with van der Waals surface area (Å²) < 4.78 is 1.98. The first-order valence-corrected chi connectivity index (χ1v) is 4.79. The smallest absolute Gasteiger partial charge is 0.205 e. The summed E-state index contributed by atoms with van der Waals surface area (Å²) in [6.45, 7) is 4.18. The summed E-state index contributed by atoms with van der Waals surface area (Å²) in [6.07, 6.45) is 3.71. The van der Waals surface area contributed by atoms with Gasteiger partial charge in [0.05, 0.1) is 5.54 Å². The van der Waals surface area contributed by atoms with Crippen LogP contribution in [-0.4, -0.2) is 28.0 Å². The maximum Gasteiger partial charge on any atom is 0.205 e. The fraction of sp³-hybridized carbons (Fsp3) is 0.667. The van der Waals surface area contributed by atoms with Crippen molar-refractivity contribution in [3.8, 4) is 0 Å². The van der Waals surface area contributed by atoms with Gasteiger partial charge in [-0.15, -0.1) is 11.6 Å². The normalized spacial score (nSPS) is 11.8. The maximum absolute atomic E-state index is 5.88. The van der Waals surface area contributed by atoms with Gasteiger partial charge in [0.2, 0.25) is 5.95 Å². The summed E-state index contributed by atoms with van der Waals surface area (Å²) >= 11 is 5.88. The molecule has 0 fully saturated rings. The Morgan fingerprint density at radius 2 is 2.23 bits per heavy atom. The van der Waals surface area contributed by atoms with E-state index in [9.17, 15) is 0 Å². The summed E-state index contributed by atoms with van der Waals surface area (Å²) in [7, 11) is 3.98. The van der Waals surface area contributed by atoms with Crippen LogP contribution in [0.1, 0.15) is 13.8 Å². The number of nitrogens with zero attached hydrogens (tertiary/aromatic N) is 3. The predicted molar refractivity (Wildman–Crippen MR) is 56.4 cm³/mol. The molecule has 1 aromatic heterocycles. The van der Waals surface area contributed by atoms with E-state index < -0.39 is 0 Å². The molecule has 0 atom stereocenters. The first kappa shape index (κ1) is 10.4. The van der Waals surface area contributed by atoms with Gasteiger partial charge in [0.15, 0.2) is 0 Å². The minimum atomic E-state index is -0.0688. The summed E-state index contributed by atoms with van der Waals surface area (Å²) in [4.78, 5) is 6.34. The molecule has 0 aliphatic carbocycles. The molecule has 1 heterocycles. The zero-order valence-electron chi connectivity index (χ0n) is 8.58. The lowest BCUT2D eigenvalue weighted by molar-refractivity contribution is 0.528. The molecule has 0 N–H and O–H groups in total. The van der Waals surface area contributed by atoms with E-state index in [1.54, 1.807) is 6.20 Å². The Balaban J connectivity index is 2.91. The standard InChI is InChI=1S/C9H16ClN3/c1-9(2,7-10)13(4)8-11-5-6-12(8)3/h5-6H,7H2,1-4H3. The van der Waals surface area contributed by atoms with E-state index in [-0.39, 0.29) is 5.54 Å². The van der Waals surface area contributed by atoms with Crippen LogP contribution in [0.3, 0.4) is 0 Å². The zero-order valence-corrected chi connectivity index (χ0v) is 9.34. The number of imidazole rings is 1. The van der Waals surface area contributed by atoms with Gasteiger partial charge in [-0.05, 0) is 13.8 Å². The van der Waals surface area contributed by atoms with E-state index in [2.05, 4.69) is 23.7 Å². The minimum Gasteiger partial charge on any atom is -0.339 e. The van der Waals surface area contributed by atoms with Crippen LogP contribution < -0.4 is 4.90 Å². The molecule has 0 aromatic carbocycles. The quantitative estimate of drug-likeness (QED) is 0.697. The van der Waals surface area contributed by atoms with E-state index in [0.29, 0.717) is 5.88 Å². The van der Waals surface area contributed by atoms with Gasteiger partial charge in [0.1, 0.15) is 0 Å². The van der Waals surface area contributed by atoms with E-state index in [1.807, 2.05) is 24.9 Å². The van der Waals surface area contributed by atoms with Crippen LogP contribution in [0.25, 0.3) is 0 Å². The third-order valence-electron chi connectivity index (χ3n) is 2.33. The molecule has 0 amide bonds. The van der Waals surface area contributed by atoms with Gasteiger partial charge < -0.3 is 9.47 Å². The molecule has 0 aliphatic rings. The van der Waals surface area contributed by atoms with Crippen molar-refractivity contribution in [2.24, 2.45) is 7.05 Å². The Labute approximate surface area is 84.3 Å². The first-order chi connectivity index (χ1) is 5.99.